The minimum absolute atomic E-state index is 0.0478. The predicted octanol–water partition coefficient (Wildman–Crippen LogP) is 4.37. The molecule has 1 atom stereocenters. The van der Waals surface area contributed by atoms with E-state index in [4.69, 9.17) is 9.15 Å². The second-order valence-electron chi connectivity index (χ2n) is 7.28. The standard InChI is InChI=1S/C25H24N2O4/c28-24(26-17-20-11-7-15-31-20)21-12-4-5-13-23(21)27-25(29)22(16-19-10-6-14-30-19)18-8-2-1-3-9-18/h1-6,8-10,12-14,16,20H,7,11,15,17H2,(H,26,28)(H,27,29)/b22-16+/t20-/m0/s1. The van der Waals surface area contributed by atoms with Gasteiger partial charge in [0.2, 0.25) is 0 Å². The van der Waals surface area contributed by atoms with Gasteiger partial charge < -0.3 is 19.8 Å². The average Bonchev–Trinajstić information content (AvgIpc) is 3.51. The molecular weight excluding hydrogens is 392 g/mol. The van der Waals surface area contributed by atoms with Gasteiger partial charge in [0.1, 0.15) is 5.76 Å². The summed E-state index contributed by atoms with van der Waals surface area (Å²) in [7, 11) is 0. The Labute approximate surface area is 180 Å². The molecule has 0 unspecified atom stereocenters. The van der Waals surface area contributed by atoms with Crippen LogP contribution >= 0.6 is 0 Å². The van der Waals surface area contributed by atoms with Crippen molar-refractivity contribution in [3.63, 3.8) is 0 Å². The number of amides is 2. The number of hydrogen-bond donors (Lipinski definition) is 2. The van der Waals surface area contributed by atoms with E-state index < -0.39 is 0 Å². The van der Waals surface area contributed by atoms with Gasteiger partial charge in [-0.2, -0.15) is 0 Å². The number of carbonyl (C=O) groups excluding carboxylic acids is 2. The van der Waals surface area contributed by atoms with E-state index in [-0.39, 0.29) is 17.9 Å². The molecule has 1 aromatic heterocycles. The maximum Gasteiger partial charge on any atom is 0.256 e. The molecule has 4 rings (SSSR count). The molecule has 0 spiro atoms. The molecule has 2 aromatic carbocycles. The molecule has 3 aromatic rings. The number of carbonyl (C=O) groups is 2. The minimum Gasteiger partial charge on any atom is -0.465 e. The number of nitrogens with one attached hydrogen (secondary N) is 2. The molecule has 2 N–H and O–H groups in total. The largest absolute Gasteiger partial charge is 0.465 e. The van der Waals surface area contributed by atoms with Crippen molar-refractivity contribution in [1.29, 1.82) is 0 Å². The highest BCUT2D eigenvalue weighted by molar-refractivity contribution is 6.29. The van der Waals surface area contributed by atoms with Gasteiger partial charge in [0.05, 0.1) is 29.2 Å². The van der Waals surface area contributed by atoms with E-state index in [1.54, 1.807) is 48.7 Å². The molecule has 2 amide bonds. The Bertz CT molecular complexity index is 1050. The van der Waals surface area contributed by atoms with Crippen LogP contribution in [0.15, 0.2) is 77.4 Å². The molecule has 1 aliphatic heterocycles. The molecule has 0 radical (unpaired) electrons. The van der Waals surface area contributed by atoms with E-state index >= 15 is 0 Å². The average molecular weight is 416 g/mol. The third kappa shape index (κ3) is 5.29. The molecule has 31 heavy (non-hydrogen) atoms. The van der Waals surface area contributed by atoms with Crippen molar-refractivity contribution in [2.75, 3.05) is 18.5 Å². The number of para-hydroxylation sites is 1. The summed E-state index contributed by atoms with van der Waals surface area (Å²) in [5.41, 5.74) is 2.03. The van der Waals surface area contributed by atoms with Crippen LogP contribution < -0.4 is 10.6 Å². The number of ether oxygens (including phenoxy) is 1. The Hall–Kier alpha value is -3.64. The van der Waals surface area contributed by atoms with Crippen LogP contribution in [0.25, 0.3) is 11.6 Å². The molecule has 1 aliphatic rings. The Balaban J connectivity index is 1.54. The van der Waals surface area contributed by atoms with Gasteiger partial charge in [-0.1, -0.05) is 42.5 Å². The highest BCUT2D eigenvalue weighted by Gasteiger charge is 2.20. The van der Waals surface area contributed by atoms with Crippen molar-refractivity contribution in [1.82, 2.24) is 5.32 Å². The summed E-state index contributed by atoms with van der Waals surface area (Å²) in [6.45, 7) is 1.19. The van der Waals surface area contributed by atoms with Crippen LogP contribution in [0.5, 0.6) is 0 Å². The third-order valence-corrected chi connectivity index (χ3v) is 5.09. The van der Waals surface area contributed by atoms with Crippen LogP contribution in [0.2, 0.25) is 0 Å². The van der Waals surface area contributed by atoms with Crippen molar-refractivity contribution < 1.29 is 18.7 Å². The maximum absolute atomic E-state index is 13.2. The first-order chi connectivity index (χ1) is 15.2. The molecule has 6 nitrogen and oxygen atoms in total. The Kier molecular flexibility index (Phi) is 6.59. The number of furan rings is 1. The van der Waals surface area contributed by atoms with Gasteiger partial charge in [-0.25, -0.2) is 0 Å². The van der Waals surface area contributed by atoms with Crippen molar-refractivity contribution in [2.24, 2.45) is 0 Å². The van der Waals surface area contributed by atoms with Gasteiger partial charge >= 0.3 is 0 Å². The second-order valence-corrected chi connectivity index (χ2v) is 7.28. The summed E-state index contributed by atoms with van der Waals surface area (Å²) in [6.07, 6.45) is 5.24. The molecule has 0 aliphatic carbocycles. The van der Waals surface area contributed by atoms with Gasteiger partial charge in [0.25, 0.3) is 11.8 Å². The topological polar surface area (TPSA) is 80.6 Å². The lowest BCUT2D eigenvalue weighted by atomic mass is 10.0. The zero-order valence-electron chi connectivity index (χ0n) is 17.0. The smallest absolute Gasteiger partial charge is 0.256 e. The first-order valence-electron chi connectivity index (χ1n) is 10.3. The number of benzene rings is 2. The maximum atomic E-state index is 13.2. The van der Waals surface area contributed by atoms with Crippen LogP contribution in [0.3, 0.4) is 0 Å². The van der Waals surface area contributed by atoms with E-state index in [0.29, 0.717) is 29.1 Å². The van der Waals surface area contributed by atoms with E-state index in [1.807, 2.05) is 30.3 Å². The van der Waals surface area contributed by atoms with E-state index in [0.717, 1.165) is 25.0 Å². The normalized spacial score (nSPS) is 16.1. The number of rotatable bonds is 7. The number of hydrogen-bond acceptors (Lipinski definition) is 4. The summed E-state index contributed by atoms with van der Waals surface area (Å²) in [6, 6.07) is 19.8. The predicted molar refractivity (Wildman–Crippen MR) is 119 cm³/mol. The Morgan fingerprint density at radius 3 is 2.55 bits per heavy atom. The fourth-order valence-corrected chi connectivity index (χ4v) is 3.50. The first-order valence-corrected chi connectivity index (χ1v) is 10.3. The Morgan fingerprint density at radius 2 is 1.81 bits per heavy atom. The highest BCUT2D eigenvalue weighted by atomic mass is 16.5. The van der Waals surface area contributed by atoms with Crippen molar-refractivity contribution in [2.45, 2.75) is 18.9 Å². The summed E-state index contributed by atoms with van der Waals surface area (Å²) < 4.78 is 11.0. The lowest BCUT2D eigenvalue weighted by Gasteiger charge is -2.15. The van der Waals surface area contributed by atoms with Gasteiger partial charge in [-0.3, -0.25) is 9.59 Å². The van der Waals surface area contributed by atoms with E-state index in [9.17, 15) is 9.59 Å². The van der Waals surface area contributed by atoms with Gasteiger partial charge in [-0.05, 0) is 48.7 Å². The van der Waals surface area contributed by atoms with Gasteiger partial charge in [0, 0.05) is 13.2 Å². The van der Waals surface area contributed by atoms with Crippen LogP contribution in [-0.2, 0) is 9.53 Å². The number of anilines is 1. The summed E-state index contributed by atoms with van der Waals surface area (Å²) in [5, 5.41) is 5.80. The van der Waals surface area contributed by atoms with E-state index in [2.05, 4.69) is 10.6 Å². The van der Waals surface area contributed by atoms with Crippen LogP contribution in [0.1, 0.15) is 34.5 Å². The second kappa shape index (κ2) is 9.91. The van der Waals surface area contributed by atoms with Crippen molar-refractivity contribution in [3.05, 3.63) is 89.9 Å². The van der Waals surface area contributed by atoms with Crippen LogP contribution in [0.4, 0.5) is 5.69 Å². The molecule has 6 heteroatoms. The molecule has 1 saturated heterocycles. The molecule has 2 heterocycles. The van der Waals surface area contributed by atoms with Crippen molar-refractivity contribution in [3.8, 4) is 0 Å². The summed E-state index contributed by atoms with van der Waals surface area (Å²) >= 11 is 0. The Morgan fingerprint density at radius 1 is 1.00 bits per heavy atom. The van der Waals surface area contributed by atoms with E-state index in [1.165, 1.54) is 0 Å². The SMILES string of the molecule is O=C(Nc1ccccc1C(=O)NC[C@@H]1CCCO1)/C(=C/c1ccco1)c1ccccc1. The fourth-order valence-electron chi connectivity index (χ4n) is 3.50. The van der Waals surface area contributed by atoms with Gasteiger partial charge in [-0.15, -0.1) is 0 Å². The lowest BCUT2D eigenvalue weighted by molar-refractivity contribution is -0.111. The molecule has 0 bridgehead atoms. The molecular formula is C25H24N2O4. The molecule has 158 valence electrons. The monoisotopic (exact) mass is 416 g/mol. The molecule has 0 saturated carbocycles. The fraction of sp³-hybridized carbons (Fsp3) is 0.200. The zero-order chi connectivity index (χ0) is 21.5. The third-order valence-electron chi connectivity index (χ3n) is 5.09. The van der Waals surface area contributed by atoms with Crippen LogP contribution in [-0.4, -0.2) is 31.1 Å². The minimum atomic E-state index is -0.332. The summed E-state index contributed by atoms with van der Waals surface area (Å²) in [4.78, 5) is 26.0. The van der Waals surface area contributed by atoms with Crippen LogP contribution in [0, 0.1) is 0 Å². The highest BCUT2D eigenvalue weighted by Crippen LogP contribution is 2.23. The zero-order valence-corrected chi connectivity index (χ0v) is 17.0. The quantitative estimate of drug-likeness (QED) is 0.561. The van der Waals surface area contributed by atoms with Crippen molar-refractivity contribution >= 4 is 29.2 Å². The first kappa shape index (κ1) is 20.6. The van der Waals surface area contributed by atoms with Gasteiger partial charge in [0.15, 0.2) is 0 Å². The lowest BCUT2D eigenvalue weighted by Crippen LogP contribution is -2.32. The summed E-state index contributed by atoms with van der Waals surface area (Å²) in [5.74, 6) is -0.0127. The molecule has 1 fully saturated rings.